The predicted octanol–water partition coefficient (Wildman–Crippen LogP) is 7.65. The van der Waals surface area contributed by atoms with Crippen LogP contribution in [0.5, 0.6) is 0 Å². The monoisotopic (exact) mass is 535 g/mol. The van der Waals surface area contributed by atoms with E-state index >= 15 is 0 Å². The highest BCUT2D eigenvalue weighted by atomic mass is 35.5. The molecule has 0 radical (unpaired) electrons. The van der Waals surface area contributed by atoms with Gasteiger partial charge in [0.25, 0.3) is 0 Å². The summed E-state index contributed by atoms with van der Waals surface area (Å²) in [7, 11) is 1.89. The summed E-state index contributed by atoms with van der Waals surface area (Å²) in [5, 5.41) is 15.8. The van der Waals surface area contributed by atoms with E-state index in [2.05, 4.69) is 28.3 Å². The predicted molar refractivity (Wildman–Crippen MR) is 148 cm³/mol. The maximum atomic E-state index is 11.5. The number of piperidine rings is 1. The molecule has 1 aliphatic heterocycles. The lowest BCUT2D eigenvalue weighted by atomic mass is 9.94. The van der Waals surface area contributed by atoms with Gasteiger partial charge in [0.2, 0.25) is 0 Å². The summed E-state index contributed by atoms with van der Waals surface area (Å²) < 4.78 is 7.68. The second-order valence-corrected chi connectivity index (χ2v) is 10.8. The molecule has 1 saturated carbocycles. The number of anilines is 1. The Morgan fingerprint density at radius 1 is 1.11 bits per heavy atom. The van der Waals surface area contributed by atoms with Crippen LogP contribution in [0, 0.1) is 5.92 Å². The summed E-state index contributed by atoms with van der Waals surface area (Å²) >= 11 is 13.0. The van der Waals surface area contributed by atoms with Gasteiger partial charge in [-0.15, -0.1) is 0 Å². The van der Waals surface area contributed by atoms with Crippen LogP contribution in [0.4, 0.5) is 5.69 Å². The van der Waals surface area contributed by atoms with Gasteiger partial charge in [-0.05, 0) is 61.9 Å². The van der Waals surface area contributed by atoms with Gasteiger partial charge in [0.05, 0.1) is 21.1 Å². The third kappa shape index (κ3) is 4.53. The van der Waals surface area contributed by atoms with Crippen molar-refractivity contribution in [3.05, 3.63) is 75.6 Å². The Balaban J connectivity index is 1.20. The van der Waals surface area contributed by atoms with Gasteiger partial charge >= 0.3 is 5.97 Å². The number of aromatic nitrogens is 2. The number of carbonyl (C=O) groups is 1. The molecule has 190 valence electrons. The number of carboxylic acids is 1. The highest BCUT2D eigenvalue weighted by Crippen LogP contribution is 2.46. The van der Waals surface area contributed by atoms with E-state index in [0.717, 1.165) is 72.3 Å². The van der Waals surface area contributed by atoms with Gasteiger partial charge in [-0.2, -0.15) is 0 Å². The summed E-state index contributed by atoms with van der Waals surface area (Å²) in [6.45, 7) is 1.86. The average Bonchev–Trinajstić information content (AvgIpc) is 3.57. The summed E-state index contributed by atoms with van der Waals surface area (Å²) in [5.74, 6) is 0.878. The van der Waals surface area contributed by atoms with Gasteiger partial charge < -0.3 is 19.1 Å². The summed E-state index contributed by atoms with van der Waals surface area (Å²) in [6, 6.07) is 11.5. The molecule has 0 amide bonds. The molecule has 2 aromatic carbocycles. The van der Waals surface area contributed by atoms with Crippen molar-refractivity contribution in [2.24, 2.45) is 13.0 Å². The Bertz CT molecular complexity index is 1500. The van der Waals surface area contributed by atoms with E-state index in [1.165, 1.54) is 0 Å². The number of hydrogen-bond donors (Lipinski definition) is 1. The molecule has 0 unspecified atom stereocenters. The summed E-state index contributed by atoms with van der Waals surface area (Å²) in [4.78, 5) is 13.9. The molecule has 8 heteroatoms. The van der Waals surface area contributed by atoms with Gasteiger partial charge in [0, 0.05) is 54.5 Å². The van der Waals surface area contributed by atoms with Crippen LogP contribution >= 0.6 is 23.2 Å². The summed E-state index contributed by atoms with van der Waals surface area (Å²) in [6.07, 6.45) is 10.4. The number of hydrogen-bond acceptors (Lipinski definition) is 4. The van der Waals surface area contributed by atoms with Crippen molar-refractivity contribution < 1.29 is 14.4 Å². The number of allylic oxidation sites excluding steroid dienone is 1. The van der Waals surface area contributed by atoms with Crippen molar-refractivity contribution >= 4 is 51.8 Å². The molecule has 1 N–H and O–H groups in total. The molecule has 0 atom stereocenters. The first-order valence-corrected chi connectivity index (χ1v) is 13.4. The van der Waals surface area contributed by atoms with Gasteiger partial charge in [0.15, 0.2) is 0 Å². The lowest BCUT2D eigenvalue weighted by molar-refractivity contribution is 0.0699. The van der Waals surface area contributed by atoms with Crippen molar-refractivity contribution in [1.82, 2.24) is 9.72 Å². The molecular formula is C29H27Cl2N3O3. The van der Waals surface area contributed by atoms with Crippen LogP contribution in [-0.4, -0.2) is 33.9 Å². The first-order chi connectivity index (χ1) is 17.9. The fourth-order valence-electron chi connectivity index (χ4n) is 5.34. The zero-order valence-electron chi connectivity index (χ0n) is 20.5. The maximum absolute atomic E-state index is 11.5. The first-order valence-electron chi connectivity index (χ1n) is 12.6. The van der Waals surface area contributed by atoms with Crippen LogP contribution in [0.25, 0.3) is 28.2 Å². The third-order valence-electron chi connectivity index (χ3n) is 7.55. The van der Waals surface area contributed by atoms with Crippen LogP contribution in [0.3, 0.4) is 0 Å². The Morgan fingerprint density at radius 2 is 1.84 bits per heavy atom. The highest BCUT2D eigenvalue weighted by Gasteiger charge is 2.32. The molecule has 2 aromatic heterocycles. The smallest absolute Gasteiger partial charge is 0.337 e. The van der Waals surface area contributed by atoms with Gasteiger partial charge in [0.1, 0.15) is 11.5 Å². The number of rotatable bonds is 6. The van der Waals surface area contributed by atoms with Crippen LogP contribution in [0.15, 0.2) is 53.2 Å². The van der Waals surface area contributed by atoms with Crippen LogP contribution < -0.4 is 4.90 Å². The molecule has 6 nitrogen and oxygen atoms in total. The molecule has 1 aliphatic carbocycles. The van der Waals surface area contributed by atoms with Gasteiger partial charge in [-0.25, -0.2) is 4.79 Å². The summed E-state index contributed by atoms with van der Waals surface area (Å²) in [5.41, 5.74) is 4.82. The van der Waals surface area contributed by atoms with E-state index in [1.54, 1.807) is 6.20 Å². The number of aromatic carboxylic acids is 1. The Hall–Kier alpha value is -3.22. The largest absolute Gasteiger partial charge is 0.478 e. The normalized spacial score (nSPS) is 16.8. The van der Waals surface area contributed by atoms with Crippen molar-refractivity contribution in [2.45, 2.75) is 31.6 Å². The van der Waals surface area contributed by atoms with E-state index in [4.69, 9.17) is 27.7 Å². The SMILES string of the molecule is Cn1cc(C(=O)O)c2ccc(N3CCC(C=Cc4c(-c5c(Cl)cccc5Cl)noc4C4CC4)CC3)cc21. The van der Waals surface area contributed by atoms with Crippen LogP contribution in [0.1, 0.15) is 53.3 Å². The molecule has 1 saturated heterocycles. The van der Waals surface area contributed by atoms with Crippen molar-refractivity contribution in [3.63, 3.8) is 0 Å². The number of halogens is 2. The first kappa shape index (κ1) is 24.1. The fraction of sp³-hybridized carbons (Fsp3) is 0.310. The van der Waals surface area contributed by atoms with E-state index in [0.29, 0.717) is 33.1 Å². The standard InChI is InChI=1S/C29H27Cl2N3O3/c1-33-16-22(29(35)36)20-10-8-19(15-25(20)33)34-13-11-17(12-14-34)5-9-21-27(32-37-28(21)18-6-7-18)26-23(30)3-2-4-24(26)31/h2-5,8-10,15-18H,6-7,11-14H2,1H3,(H,35,36). The molecule has 2 fully saturated rings. The Morgan fingerprint density at radius 3 is 2.51 bits per heavy atom. The lowest BCUT2D eigenvalue weighted by Gasteiger charge is -2.32. The number of benzene rings is 2. The van der Waals surface area contributed by atoms with E-state index in [-0.39, 0.29) is 0 Å². The van der Waals surface area contributed by atoms with Gasteiger partial charge in [-0.3, -0.25) is 0 Å². The molecule has 0 bridgehead atoms. The molecule has 37 heavy (non-hydrogen) atoms. The Labute approximate surface area is 225 Å². The lowest BCUT2D eigenvalue weighted by Crippen LogP contribution is -2.33. The molecule has 4 aromatic rings. The zero-order valence-corrected chi connectivity index (χ0v) is 22.0. The maximum Gasteiger partial charge on any atom is 0.337 e. The minimum absolute atomic E-state index is 0.338. The number of nitrogens with zero attached hydrogens (tertiary/aromatic N) is 3. The molecule has 3 heterocycles. The second-order valence-electron chi connectivity index (χ2n) is 10.0. The van der Waals surface area contributed by atoms with E-state index < -0.39 is 5.97 Å². The van der Waals surface area contributed by atoms with Crippen molar-refractivity contribution in [1.29, 1.82) is 0 Å². The van der Waals surface area contributed by atoms with Crippen molar-refractivity contribution in [2.75, 3.05) is 18.0 Å². The molecule has 2 aliphatic rings. The van der Waals surface area contributed by atoms with E-state index in [1.807, 2.05) is 41.9 Å². The number of fused-ring (bicyclic) bond motifs is 1. The Kier molecular flexibility index (Phi) is 6.25. The molecule has 0 spiro atoms. The second kappa shape index (κ2) is 9.58. The van der Waals surface area contributed by atoms with Crippen LogP contribution in [0.2, 0.25) is 10.0 Å². The van der Waals surface area contributed by atoms with E-state index in [9.17, 15) is 9.90 Å². The third-order valence-corrected chi connectivity index (χ3v) is 8.18. The van der Waals surface area contributed by atoms with Gasteiger partial charge in [-0.1, -0.05) is 46.6 Å². The average molecular weight is 536 g/mol. The van der Waals surface area contributed by atoms with Crippen molar-refractivity contribution in [3.8, 4) is 11.3 Å². The topological polar surface area (TPSA) is 71.5 Å². The minimum atomic E-state index is -0.899. The highest BCUT2D eigenvalue weighted by molar-refractivity contribution is 6.39. The molecule has 6 rings (SSSR count). The molecular weight excluding hydrogens is 509 g/mol. The van der Waals surface area contributed by atoms with Crippen LogP contribution in [-0.2, 0) is 7.05 Å². The quantitative estimate of drug-likeness (QED) is 0.274. The zero-order chi connectivity index (χ0) is 25.7. The number of carboxylic acid groups (broad SMARTS) is 1. The fourth-order valence-corrected chi connectivity index (χ4v) is 5.91. The number of aryl methyl sites for hydroxylation is 1. The minimum Gasteiger partial charge on any atom is -0.478 e.